The lowest BCUT2D eigenvalue weighted by Crippen LogP contribution is -2.29. The van der Waals surface area contributed by atoms with Crippen LogP contribution in [0, 0.1) is 5.82 Å². The maximum Gasteiger partial charge on any atom is 0.331 e. The highest BCUT2D eigenvalue weighted by molar-refractivity contribution is 8.19. The highest BCUT2D eigenvalue weighted by Crippen LogP contribution is 2.36. The molecule has 0 aromatic heterocycles. The highest BCUT2D eigenvalue weighted by Gasteiger charge is 2.36. The summed E-state index contributed by atoms with van der Waals surface area (Å²) in [7, 11) is 1.18. The summed E-state index contributed by atoms with van der Waals surface area (Å²) >= 11 is 6.72. The number of rotatable bonds is 3. The van der Waals surface area contributed by atoms with E-state index in [1.807, 2.05) is 24.3 Å². The van der Waals surface area contributed by atoms with Crippen LogP contribution in [0.4, 0.5) is 10.1 Å². The van der Waals surface area contributed by atoms with E-state index in [2.05, 4.69) is 9.73 Å². The quantitative estimate of drug-likeness (QED) is 0.401. The van der Waals surface area contributed by atoms with Gasteiger partial charge in [-0.05, 0) is 46.8 Å². The van der Waals surface area contributed by atoms with E-state index in [1.54, 1.807) is 18.2 Å². The Kier molecular flexibility index (Phi) is 6.07. The average molecular weight is 469 g/mol. The van der Waals surface area contributed by atoms with Crippen molar-refractivity contribution in [3.8, 4) is 0 Å². The summed E-state index contributed by atoms with van der Waals surface area (Å²) < 4.78 is 18.2. The number of carbonyl (C=O) groups excluding carboxylic acids is 3. The first-order valence-corrected chi connectivity index (χ1v) is 10.5. The van der Waals surface area contributed by atoms with Crippen LogP contribution < -0.4 is 4.90 Å². The number of amides is 2. The van der Waals surface area contributed by atoms with E-state index in [0.29, 0.717) is 10.9 Å². The number of anilines is 1. The number of aliphatic imine (C=N–C) groups is 1. The largest absolute Gasteiger partial charge is 0.466 e. The number of thioether (sulfide) groups is 1. The molecule has 32 heavy (non-hydrogen) atoms. The third-order valence-electron chi connectivity index (χ3n) is 4.64. The van der Waals surface area contributed by atoms with Gasteiger partial charge in [-0.1, -0.05) is 48.0 Å². The monoisotopic (exact) mass is 468 g/mol. The molecular formula is C23H14ClFN2O4S. The van der Waals surface area contributed by atoms with Gasteiger partial charge >= 0.3 is 5.97 Å². The van der Waals surface area contributed by atoms with Crippen molar-refractivity contribution < 1.29 is 23.5 Å². The van der Waals surface area contributed by atoms with Crippen LogP contribution in [0.2, 0.25) is 5.02 Å². The third kappa shape index (κ3) is 4.15. The first-order valence-electron chi connectivity index (χ1n) is 9.27. The minimum atomic E-state index is -0.737. The Morgan fingerprint density at radius 1 is 1.12 bits per heavy atom. The second-order valence-electron chi connectivity index (χ2n) is 6.60. The van der Waals surface area contributed by atoms with Gasteiger partial charge in [0.15, 0.2) is 5.17 Å². The second kappa shape index (κ2) is 8.94. The highest BCUT2D eigenvalue weighted by atomic mass is 35.5. The molecule has 0 bridgehead atoms. The van der Waals surface area contributed by atoms with Crippen molar-refractivity contribution in [1.82, 2.24) is 0 Å². The molecule has 0 aliphatic carbocycles. The fourth-order valence-corrected chi connectivity index (χ4v) is 4.24. The van der Waals surface area contributed by atoms with Gasteiger partial charge in [0.05, 0.1) is 22.7 Å². The van der Waals surface area contributed by atoms with Gasteiger partial charge in [-0.15, -0.1) is 0 Å². The minimum absolute atomic E-state index is 0.00164. The number of carbonyl (C=O) groups is 3. The molecule has 1 aliphatic rings. The Morgan fingerprint density at radius 2 is 1.88 bits per heavy atom. The summed E-state index contributed by atoms with van der Waals surface area (Å²) in [5, 5.41) is 1.37. The van der Waals surface area contributed by atoms with E-state index in [4.69, 9.17) is 11.6 Å². The number of hydrogen-bond donors (Lipinski definition) is 0. The minimum Gasteiger partial charge on any atom is -0.466 e. The molecule has 0 atom stereocenters. The van der Waals surface area contributed by atoms with Gasteiger partial charge in [-0.2, -0.15) is 4.99 Å². The molecule has 6 nitrogen and oxygen atoms in total. The fraction of sp³-hybridized carbons (Fsp3) is 0.0435. The zero-order valence-corrected chi connectivity index (χ0v) is 18.1. The molecule has 9 heteroatoms. The van der Waals surface area contributed by atoms with Crippen LogP contribution in [0.5, 0.6) is 0 Å². The van der Waals surface area contributed by atoms with Crippen LogP contribution >= 0.6 is 23.4 Å². The topological polar surface area (TPSA) is 76.0 Å². The number of methoxy groups -OCH3 is 1. The van der Waals surface area contributed by atoms with Gasteiger partial charge in [-0.25, -0.2) is 9.18 Å². The first kappa shape index (κ1) is 21.7. The Labute approximate surface area is 191 Å². The molecule has 4 rings (SSSR count). The Hall–Kier alpha value is -3.49. The summed E-state index contributed by atoms with van der Waals surface area (Å²) in [5.41, 5.74) is 0.553. The van der Waals surface area contributed by atoms with E-state index in [-0.39, 0.29) is 20.8 Å². The molecule has 0 N–H and O–H groups in total. The van der Waals surface area contributed by atoms with E-state index in [1.165, 1.54) is 19.2 Å². The number of hydrogen-bond acceptors (Lipinski definition) is 5. The van der Waals surface area contributed by atoms with Crippen molar-refractivity contribution >= 4 is 62.8 Å². The smallest absolute Gasteiger partial charge is 0.331 e. The molecule has 1 fully saturated rings. The first-order chi connectivity index (χ1) is 15.4. The number of ether oxygens (including phenoxy) is 1. The number of halogens is 2. The Bertz CT molecular complexity index is 1330. The summed E-state index contributed by atoms with van der Waals surface area (Å²) in [6, 6.07) is 16.3. The van der Waals surface area contributed by atoms with E-state index in [0.717, 1.165) is 34.2 Å². The molecule has 1 aliphatic heterocycles. The lowest BCUT2D eigenvalue weighted by Gasteiger charge is -2.16. The van der Waals surface area contributed by atoms with Crippen LogP contribution in [-0.4, -0.2) is 30.1 Å². The van der Waals surface area contributed by atoms with E-state index < -0.39 is 23.6 Å². The predicted octanol–water partition coefficient (Wildman–Crippen LogP) is 4.97. The van der Waals surface area contributed by atoms with E-state index in [9.17, 15) is 18.8 Å². The predicted molar refractivity (Wildman–Crippen MR) is 122 cm³/mol. The summed E-state index contributed by atoms with van der Waals surface area (Å²) in [6.45, 7) is 0. The van der Waals surface area contributed by atoms with Crippen molar-refractivity contribution in [2.75, 3.05) is 12.0 Å². The van der Waals surface area contributed by atoms with Gasteiger partial charge in [0, 0.05) is 11.6 Å². The molecular weight excluding hydrogens is 455 g/mol. The zero-order valence-electron chi connectivity index (χ0n) is 16.5. The summed E-state index contributed by atoms with van der Waals surface area (Å²) in [5.74, 6) is -2.59. The SMILES string of the molecule is COC(=O)/C=C1\SC(=NC(=O)c2cccc3ccccc23)N(c2ccc(F)c(Cl)c2)C1=O. The molecule has 3 aromatic carbocycles. The maximum atomic E-state index is 13.7. The van der Waals surface area contributed by atoms with E-state index >= 15 is 0 Å². The van der Waals surface area contributed by atoms with Crippen molar-refractivity contribution in [1.29, 1.82) is 0 Å². The standard InChI is InChI=1S/C23H14ClFN2O4S/c1-31-20(28)12-19-22(30)27(14-9-10-18(25)17(24)11-14)23(32-19)26-21(29)16-8-4-6-13-5-2-3-7-15(13)16/h2-12H,1H3/b19-12-,26-23?. The zero-order chi connectivity index (χ0) is 22.8. The van der Waals surface area contributed by atoms with Crippen LogP contribution in [0.15, 0.2) is 76.6 Å². The lowest BCUT2D eigenvalue weighted by molar-refractivity contribution is -0.135. The van der Waals surface area contributed by atoms with Crippen LogP contribution in [-0.2, 0) is 14.3 Å². The number of amidine groups is 1. The molecule has 1 heterocycles. The third-order valence-corrected chi connectivity index (χ3v) is 5.89. The van der Waals surface area contributed by atoms with Crippen molar-refractivity contribution in [3.63, 3.8) is 0 Å². The summed E-state index contributed by atoms with van der Waals surface area (Å²) in [4.78, 5) is 43.0. The second-order valence-corrected chi connectivity index (χ2v) is 8.02. The molecule has 3 aromatic rings. The van der Waals surface area contributed by atoms with Gasteiger partial charge in [0.1, 0.15) is 5.82 Å². The lowest BCUT2D eigenvalue weighted by atomic mass is 10.0. The van der Waals surface area contributed by atoms with Crippen molar-refractivity contribution in [2.45, 2.75) is 0 Å². The number of fused-ring (bicyclic) bond motifs is 1. The van der Waals surface area contributed by atoms with Gasteiger partial charge in [0.25, 0.3) is 11.8 Å². The molecule has 0 radical (unpaired) electrons. The molecule has 0 saturated carbocycles. The van der Waals surface area contributed by atoms with Crippen molar-refractivity contribution in [3.05, 3.63) is 88.0 Å². The Balaban J connectivity index is 1.81. The number of benzene rings is 3. The molecule has 0 spiro atoms. The molecule has 0 unspecified atom stereocenters. The van der Waals surface area contributed by atoms with Gasteiger partial charge < -0.3 is 4.74 Å². The number of nitrogens with zero attached hydrogens (tertiary/aromatic N) is 2. The molecule has 2 amide bonds. The number of esters is 1. The molecule has 160 valence electrons. The normalized spacial score (nSPS) is 16.2. The van der Waals surface area contributed by atoms with Crippen LogP contribution in [0.25, 0.3) is 10.8 Å². The van der Waals surface area contributed by atoms with Gasteiger partial charge in [-0.3, -0.25) is 14.5 Å². The van der Waals surface area contributed by atoms with Crippen LogP contribution in [0.3, 0.4) is 0 Å². The van der Waals surface area contributed by atoms with Crippen molar-refractivity contribution in [2.24, 2.45) is 4.99 Å². The maximum absolute atomic E-state index is 13.7. The summed E-state index contributed by atoms with van der Waals surface area (Å²) in [6.07, 6.45) is 1.01. The Morgan fingerprint density at radius 3 is 2.62 bits per heavy atom. The molecule has 1 saturated heterocycles. The van der Waals surface area contributed by atoms with Gasteiger partial charge in [0.2, 0.25) is 0 Å². The van der Waals surface area contributed by atoms with Crippen LogP contribution in [0.1, 0.15) is 10.4 Å². The fourth-order valence-electron chi connectivity index (χ4n) is 3.13. The average Bonchev–Trinajstić information content (AvgIpc) is 3.09.